The molecule has 0 bridgehead atoms. The molecule has 0 aliphatic carbocycles. The van der Waals surface area contributed by atoms with Crippen molar-refractivity contribution in [3.63, 3.8) is 0 Å². The van der Waals surface area contributed by atoms with E-state index in [1.54, 1.807) is 0 Å². The van der Waals surface area contributed by atoms with E-state index in [0.29, 0.717) is 17.4 Å². The van der Waals surface area contributed by atoms with Crippen LogP contribution in [-0.2, 0) is 13.0 Å². The van der Waals surface area contributed by atoms with Crippen molar-refractivity contribution in [2.24, 2.45) is 0 Å². The van der Waals surface area contributed by atoms with E-state index >= 15 is 0 Å². The minimum atomic E-state index is 0.0798. The van der Waals surface area contributed by atoms with Crippen LogP contribution in [0.2, 0.25) is 5.02 Å². The number of benzene rings is 2. The second kappa shape index (κ2) is 6.43. The highest BCUT2D eigenvalue weighted by Crippen LogP contribution is 2.23. The Morgan fingerprint density at radius 1 is 0.944 bits per heavy atom. The highest BCUT2D eigenvalue weighted by Gasteiger charge is 2.00. The number of halogens is 1. The fourth-order valence-corrected chi connectivity index (χ4v) is 1.84. The lowest BCUT2D eigenvalue weighted by molar-refractivity contribution is 0.282. The number of ether oxygens (including phenoxy) is 1. The van der Waals surface area contributed by atoms with Gasteiger partial charge in [0.15, 0.2) is 0 Å². The molecule has 0 aliphatic rings. The van der Waals surface area contributed by atoms with Crippen molar-refractivity contribution in [1.29, 1.82) is 0 Å². The second-order valence-electron chi connectivity index (χ2n) is 4.00. The molecule has 3 heteroatoms. The zero-order valence-corrected chi connectivity index (χ0v) is 10.7. The number of aliphatic hydroxyl groups is 1. The van der Waals surface area contributed by atoms with Gasteiger partial charge in [-0.1, -0.05) is 48.0 Å². The number of aliphatic hydroxyl groups excluding tert-OH is 1. The molecule has 0 amide bonds. The van der Waals surface area contributed by atoms with Crippen LogP contribution < -0.4 is 4.74 Å². The molecule has 1 N–H and O–H groups in total. The van der Waals surface area contributed by atoms with Gasteiger partial charge in [0.1, 0.15) is 5.75 Å². The van der Waals surface area contributed by atoms with Gasteiger partial charge in [0.25, 0.3) is 0 Å². The Labute approximate surface area is 112 Å². The maximum Gasteiger partial charge on any atom is 0.137 e. The van der Waals surface area contributed by atoms with Crippen LogP contribution in [0, 0.1) is 0 Å². The highest BCUT2D eigenvalue weighted by atomic mass is 35.5. The van der Waals surface area contributed by atoms with Crippen LogP contribution in [0.15, 0.2) is 48.5 Å². The molecule has 0 saturated heterocycles. The van der Waals surface area contributed by atoms with Crippen LogP contribution in [-0.4, -0.2) is 11.7 Å². The van der Waals surface area contributed by atoms with Gasteiger partial charge in [0.2, 0.25) is 0 Å². The van der Waals surface area contributed by atoms with Gasteiger partial charge in [0, 0.05) is 6.42 Å². The summed E-state index contributed by atoms with van der Waals surface area (Å²) in [5.41, 5.74) is 2.10. The van der Waals surface area contributed by atoms with Crippen LogP contribution in [0.5, 0.6) is 5.75 Å². The summed E-state index contributed by atoms with van der Waals surface area (Å²) >= 11 is 5.99. The Kier molecular flexibility index (Phi) is 4.62. The third-order valence-corrected chi connectivity index (χ3v) is 3.00. The van der Waals surface area contributed by atoms with Gasteiger partial charge < -0.3 is 9.84 Å². The van der Waals surface area contributed by atoms with E-state index < -0.39 is 0 Å². The molecule has 0 atom stereocenters. The van der Waals surface area contributed by atoms with Gasteiger partial charge in [-0.3, -0.25) is 0 Å². The monoisotopic (exact) mass is 262 g/mol. The van der Waals surface area contributed by atoms with Crippen LogP contribution in [0.4, 0.5) is 0 Å². The Bertz CT molecular complexity index is 494. The van der Waals surface area contributed by atoms with E-state index in [4.69, 9.17) is 21.4 Å². The molecule has 0 spiro atoms. The van der Waals surface area contributed by atoms with Crippen molar-refractivity contribution in [1.82, 2.24) is 0 Å². The van der Waals surface area contributed by atoms with Crippen LogP contribution in [0.25, 0.3) is 0 Å². The van der Waals surface area contributed by atoms with Crippen molar-refractivity contribution < 1.29 is 9.84 Å². The average Bonchev–Trinajstić information content (AvgIpc) is 2.42. The molecular weight excluding hydrogens is 248 g/mol. The summed E-state index contributed by atoms with van der Waals surface area (Å²) in [6, 6.07) is 15.3. The molecule has 18 heavy (non-hydrogen) atoms. The number of rotatable bonds is 5. The van der Waals surface area contributed by atoms with E-state index in [1.165, 1.54) is 5.56 Å². The lowest BCUT2D eigenvalue weighted by Gasteiger charge is -2.08. The second-order valence-corrected chi connectivity index (χ2v) is 4.41. The number of para-hydroxylation sites is 1. The van der Waals surface area contributed by atoms with E-state index in [2.05, 4.69) is 0 Å². The quantitative estimate of drug-likeness (QED) is 0.894. The Morgan fingerprint density at radius 2 is 1.61 bits per heavy atom. The summed E-state index contributed by atoms with van der Waals surface area (Å²) in [4.78, 5) is 0. The lowest BCUT2D eigenvalue weighted by Crippen LogP contribution is -2.01. The first-order chi connectivity index (χ1) is 8.79. The first-order valence-corrected chi connectivity index (χ1v) is 6.23. The van der Waals surface area contributed by atoms with Crippen LogP contribution >= 0.6 is 11.6 Å². The third kappa shape index (κ3) is 3.49. The smallest absolute Gasteiger partial charge is 0.137 e. The molecule has 0 radical (unpaired) electrons. The first-order valence-electron chi connectivity index (χ1n) is 5.85. The SMILES string of the molecule is OCc1ccc(CCOc2ccccc2Cl)cc1. The molecule has 0 heterocycles. The van der Waals surface area contributed by atoms with Crippen molar-refractivity contribution in [2.45, 2.75) is 13.0 Å². The van der Waals surface area contributed by atoms with Gasteiger partial charge in [-0.2, -0.15) is 0 Å². The summed E-state index contributed by atoms with van der Waals surface area (Å²) in [5, 5.41) is 9.58. The maximum absolute atomic E-state index is 8.94. The largest absolute Gasteiger partial charge is 0.492 e. The van der Waals surface area contributed by atoms with Gasteiger partial charge in [-0.25, -0.2) is 0 Å². The average molecular weight is 263 g/mol. The third-order valence-electron chi connectivity index (χ3n) is 2.69. The predicted molar refractivity (Wildman–Crippen MR) is 73.0 cm³/mol. The summed E-state index contributed by atoms with van der Waals surface area (Å²) in [7, 11) is 0. The van der Waals surface area contributed by atoms with Crippen molar-refractivity contribution >= 4 is 11.6 Å². The first kappa shape index (κ1) is 12.9. The minimum Gasteiger partial charge on any atom is -0.492 e. The highest BCUT2D eigenvalue weighted by molar-refractivity contribution is 6.32. The zero-order valence-electron chi connectivity index (χ0n) is 9.97. The predicted octanol–water partition coefficient (Wildman–Crippen LogP) is 3.45. The molecular formula is C15H15ClO2. The summed E-state index contributed by atoms with van der Waals surface area (Å²) < 4.78 is 5.62. The van der Waals surface area contributed by atoms with Gasteiger partial charge in [0.05, 0.1) is 18.2 Å². The summed E-state index contributed by atoms with van der Waals surface area (Å²) in [6.45, 7) is 0.665. The summed E-state index contributed by atoms with van der Waals surface area (Å²) in [5.74, 6) is 0.714. The molecule has 2 rings (SSSR count). The Hall–Kier alpha value is -1.51. The molecule has 0 fully saturated rings. The van der Waals surface area contributed by atoms with E-state index in [0.717, 1.165) is 12.0 Å². The zero-order chi connectivity index (χ0) is 12.8. The molecule has 2 nitrogen and oxygen atoms in total. The molecule has 2 aromatic rings. The maximum atomic E-state index is 8.94. The van der Waals surface area contributed by atoms with Crippen molar-refractivity contribution in [3.8, 4) is 5.75 Å². The van der Waals surface area contributed by atoms with E-state index in [-0.39, 0.29) is 6.61 Å². The van der Waals surface area contributed by atoms with Crippen molar-refractivity contribution in [3.05, 3.63) is 64.7 Å². The van der Waals surface area contributed by atoms with Crippen LogP contribution in [0.1, 0.15) is 11.1 Å². The molecule has 0 unspecified atom stereocenters. The van der Waals surface area contributed by atoms with E-state index in [1.807, 2.05) is 48.5 Å². The standard InChI is InChI=1S/C15H15ClO2/c16-14-3-1-2-4-15(14)18-10-9-12-5-7-13(11-17)8-6-12/h1-8,17H,9-11H2. The van der Waals surface area contributed by atoms with E-state index in [9.17, 15) is 0 Å². The lowest BCUT2D eigenvalue weighted by atomic mass is 10.1. The number of hydrogen-bond donors (Lipinski definition) is 1. The molecule has 0 aliphatic heterocycles. The Balaban J connectivity index is 1.86. The van der Waals surface area contributed by atoms with Gasteiger partial charge in [-0.05, 0) is 23.3 Å². The van der Waals surface area contributed by atoms with Gasteiger partial charge >= 0.3 is 0 Å². The molecule has 0 aromatic heterocycles. The van der Waals surface area contributed by atoms with Crippen molar-refractivity contribution in [2.75, 3.05) is 6.61 Å². The topological polar surface area (TPSA) is 29.5 Å². The fourth-order valence-electron chi connectivity index (χ4n) is 1.65. The van der Waals surface area contributed by atoms with Crippen LogP contribution in [0.3, 0.4) is 0 Å². The Morgan fingerprint density at radius 3 is 2.28 bits per heavy atom. The normalized spacial score (nSPS) is 10.3. The van der Waals surface area contributed by atoms with Gasteiger partial charge in [-0.15, -0.1) is 0 Å². The fraction of sp³-hybridized carbons (Fsp3) is 0.200. The number of hydrogen-bond acceptors (Lipinski definition) is 2. The molecule has 2 aromatic carbocycles. The summed E-state index contributed by atoms with van der Waals surface area (Å²) in [6.07, 6.45) is 0.816. The molecule has 0 saturated carbocycles. The minimum absolute atomic E-state index is 0.0798. The molecule has 94 valence electrons.